The number of nitrogens with zero attached hydrogens (tertiary/aromatic N) is 5. The van der Waals surface area contributed by atoms with Gasteiger partial charge in [0.25, 0.3) is 5.91 Å². The number of hydroxylamine groups is 2. The fourth-order valence-corrected chi connectivity index (χ4v) is 3.15. The molecule has 0 saturated carbocycles. The van der Waals surface area contributed by atoms with Gasteiger partial charge in [-0.3, -0.25) is 10.0 Å². The lowest BCUT2D eigenvalue weighted by Gasteiger charge is -2.13. The molecule has 2 aliphatic rings. The minimum Gasteiger partial charge on any atom is -0.475 e. The molecule has 136 valence electrons. The molecule has 2 N–H and O–H groups in total. The Kier molecular flexibility index (Phi) is 4.00. The predicted molar refractivity (Wildman–Crippen MR) is 94.1 cm³/mol. The first-order chi connectivity index (χ1) is 12.5. The average molecular weight is 356 g/mol. The summed E-state index contributed by atoms with van der Waals surface area (Å²) in [5.74, 6) is 0.580. The highest BCUT2D eigenvalue weighted by atomic mass is 16.6. The summed E-state index contributed by atoms with van der Waals surface area (Å²) in [7, 11) is 3.47. The Morgan fingerprint density at radius 2 is 2.27 bits per heavy atom. The van der Waals surface area contributed by atoms with E-state index in [2.05, 4.69) is 21.5 Å². The quantitative estimate of drug-likeness (QED) is 0.864. The topological polar surface area (TPSA) is 95.2 Å². The number of carbonyl (C=O) groups is 1. The van der Waals surface area contributed by atoms with Crippen LogP contribution in [0.25, 0.3) is 11.1 Å². The number of carbonyl (C=O) groups excluding carboxylic acids is 1. The van der Waals surface area contributed by atoms with Gasteiger partial charge >= 0.3 is 0 Å². The van der Waals surface area contributed by atoms with E-state index in [0.717, 1.165) is 41.1 Å². The number of anilines is 1. The Morgan fingerprint density at radius 3 is 2.92 bits per heavy atom. The fraction of sp³-hybridized carbons (Fsp3) is 0.353. The van der Waals surface area contributed by atoms with Crippen LogP contribution in [0.15, 0.2) is 30.4 Å². The van der Waals surface area contributed by atoms with E-state index >= 15 is 0 Å². The van der Waals surface area contributed by atoms with E-state index in [1.165, 1.54) is 6.26 Å². The minimum atomic E-state index is -0.0683. The van der Waals surface area contributed by atoms with Crippen LogP contribution in [-0.2, 0) is 4.74 Å². The molecule has 0 saturated heterocycles. The standard InChI is InChI=1S/C17H20N6O3/c1-21(2)16(24)13-7-12-8-18-17(19-14-9-26-10-22(14)25)20-23(12)15(13)11-5-3-4-6-11/h5,7-9,25H,3-4,6,10H2,1-2H3,(H,19,20). The van der Waals surface area contributed by atoms with Crippen LogP contribution in [0.2, 0.25) is 0 Å². The number of nitrogens with one attached hydrogen (secondary N) is 1. The molecule has 26 heavy (non-hydrogen) atoms. The second-order valence-electron chi connectivity index (χ2n) is 6.47. The molecule has 9 heteroatoms. The van der Waals surface area contributed by atoms with Crippen LogP contribution in [0.3, 0.4) is 0 Å². The van der Waals surface area contributed by atoms with Crippen LogP contribution in [0.1, 0.15) is 35.3 Å². The lowest BCUT2D eigenvalue weighted by Crippen LogP contribution is -2.22. The summed E-state index contributed by atoms with van der Waals surface area (Å²) in [5.41, 5.74) is 3.27. The fourth-order valence-electron chi connectivity index (χ4n) is 3.15. The van der Waals surface area contributed by atoms with E-state index in [-0.39, 0.29) is 12.6 Å². The smallest absolute Gasteiger partial charge is 0.255 e. The van der Waals surface area contributed by atoms with E-state index in [1.54, 1.807) is 29.7 Å². The van der Waals surface area contributed by atoms with Gasteiger partial charge in [0.2, 0.25) is 5.95 Å². The van der Waals surface area contributed by atoms with Crippen molar-refractivity contribution in [2.45, 2.75) is 19.3 Å². The zero-order valence-corrected chi connectivity index (χ0v) is 14.6. The largest absolute Gasteiger partial charge is 0.475 e. The molecular formula is C17H20N6O3. The second kappa shape index (κ2) is 6.34. The van der Waals surface area contributed by atoms with Gasteiger partial charge in [-0.25, -0.2) is 14.6 Å². The van der Waals surface area contributed by atoms with Gasteiger partial charge in [0.1, 0.15) is 6.26 Å². The van der Waals surface area contributed by atoms with Crippen LogP contribution in [0.5, 0.6) is 0 Å². The SMILES string of the molecule is CN(C)C(=O)c1cc2cnc(NC3=COCN3O)nn2c1C1=CCCC1. The van der Waals surface area contributed by atoms with E-state index in [9.17, 15) is 10.0 Å². The molecule has 0 fully saturated rings. The van der Waals surface area contributed by atoms with Crippen LogP contribution < -0.4 is 5.32 Å². The maximum atomic E-state index is 12.7. The van der Waals surface area contributed by atoms with Gasteiger partial charge in [-0.05, 0) is 30.9 Å². The number of rotatable bonds is 4. The summed E-state index contributed by atoms with van der Waals surface area (Å²) in [4.78, 5) is 18.5. The maximum absolute atomic E-state index is 12.7. The van der Waals surface area contributed by atoms with Crippen LogP contribution >= 0.6 is 0 Å². The van der Waals surface area contributed by atoms with Gasteiger partial charge in [0, 0.05) is 14.1 Å². The summed E-state index contributed by atoms with van der Waals surface area (Å²) in [6.45, 7) is 0.0493. The van der Waals surface area contributed by atoms with E-state index in [4.69, 9.17) is 4.74 Å². The second-order valence-corrected chi connectivity index (χ2v) is 6.47. The van der Waals surface area contributed by atoms with E-state index in [0.29, 0.717) is 17.3 Å². The zero-order chi connectivity index (χ0) is 18.3. The van der Waals surface area contributed by atoms with Crippen molar-refractivity contribution in [3.63, 3.8) is 0 Å². The third-order valence-corrected chi connectivity index (χ3v) is 4.41. The molecule has 0 spiro atoms. The highest BCUT2D eigenvalue weighted by Gasteiger charge is 2.24. The van der Waals surface area contributed by atoms with Crippen molar-refractivity contribution in [3.8, 4) is 0 Å². The molecule has 0 bridgehead atoms. The Hall–Kier alpha value is -3.07. The summed E-state index contributed by atoms with van der Waals surface area (Å²) < 4.78 is 6.76. The van der Waals surface area contributed by atoms with Crippen molar-refractivity contribution >= 4 is 22.9 Å². The van der Waals surface area contributed by atoms with Gasteiger partial charge < -0.3 is 15.0 Å². The minimum absolute atomic E-state index is 0.0493. The van der Waals surface area contributed by atoms with E-state index in [1.807, 2.05) is 6.07 Å². The number of allylic oxidation sites excluding steroid dienone is 2. The molecule has 9 nitrogen and oxygen atoms in total. The van der Waals surface area contributed by atoms with Crippen molar-refractivity contribution in [1.29, 1.82) is 0 Å². The number of hydrogen-bond donors (Lipinski definition) is 2. The Balaban J connectivity index is 1.80. The first kappa shape index (κ1) is 16.4. The molecule has 1 aliphatic heterocycles. The first-order valence-electron chi connectivity index (χ1n) is 8.39. The molecule has 3 heterocycles. The first-order valence-corrected chi connectivity index (χ1v) is 8.39. The number of fused-ring (bicyclic) bond motifs is 1. The number of hydrogen-bond acceptors (Lipinski definition) is 7. The molecule has 1 amide bonds. The summed E-state index contributed by atoms with van der Waals surface area (Å²) >= 11 is 0. The molecule has 0 aromatic carbocycles. The molecule has 0 unspecified atom stereocenters. The molecular weight excluding hydrogens is 336 g/mol. The van der Waals surface area contributed by atoms with Crippen LogP contribution in [0.4, 0.5) is 5.95 Å². The molecule has 0 atom stereocenters. The predicted octanol–water partition coefficient (Wildman–Crippen LogP) is 1.89. The average Bonchev–Trinajstić information content (AvgIpc) is 3.34. The normalized spacial score (nSPS) is 16.5. The van der Waals surface area contributed by atoms with Crippen LogP contribution in [0, 0.1) is 0 Å². The third-order valence-electron chi connectivity index (χ3n) is 4.41. The zero-order valence-electron chi connectivity index (χ0n) is 14.6. The Labute approximate surface area is 150 Å². The van der Waals surface area contributed by atoms with Gasteiger partial charge in [0.05, 0.1) is 23.0 Å². The molecule has 1 aliphatic carbocycles. The number of ether oxygens (including phenoxy) is 1. The highest BCUT2D eigenvalue weighted by Crippen LogP contribution is 2.32. The molecule has 0 radical (unpaired) electrons. The molecule has 4 rings (SSSR count). The van der Waals surface area contributed by atoms with Crippen molar-refractivity contribution < 1.29 is 14.7 Å². The number of amides is 1. The van der Waals surface area contributed by atoms with Gasteiger partial charge in [-0.2, -0.15) is 0 Å². The van der Waals surface area contributed by atoms with Gasteiger partial charge in [0.15, 0.2) is 12.6 Å². The third kappa shape index (κ3) is 2.76. The van der Waals surface area contributed by atoms with Crippen molar-refractivity contribution in [1.82, 2.24) is 24.6 Å². The van der Waals surface area contributed by atoms with Crippen molar-refractivity contribution in [3.05, 3.63) is 41.7 Å². The van der Waals surface area contributed by atoms with Gasteiger partial charge in [-0.1, -0.05) is 6.08 Å². The summed E-state index contributed by atoms with van der Waals surface area (Å²) in [6.07, 6.45) is 8.18. The van der Waals surface area contributed by atoms with Crippen molar-refractivity contribution in [2.75, 3.05) is 26.1 Å². The Morgan fingerprint density at radius 1 is 1.42 bits per heavy atom. The maximum Gasteiger partial charge on any atom is 0.255 e. The van der Waals surface area contributed by atoms with Crippen molar-refractivity contribution in [2.24, 2.45) is 0 Å². The number of aromatic nitrogens is 3. The molecule has 2 aromatic heterocycles. The summed E-state index contributed by atoms with van der Waals surface area (Å²) in [5, 5.41) is 18.1. The molecule has 2 aromatic rings. The van der Waals surface area contributed by atoms with Crippen LogP contribution in [-0.4, -0.2) is 56.5 Å². The lowest BCUT2D eigenvalue weighted by atomic mass is 10.1. The monoisotopic (exact) mass is 356 g/mol. The Bertz CT molecular complexity index is 930. The highest BCUT2D eigenvalue weighted by molar-refractivity contribution is 6.00. The summed E-state index contributed by atoms with van der Waals surface area (Å²) in [6, 6.07) is 1.82. The van der Waals surface area contributed by atoms with Gasteiger partial charge in [-0.15, -0.1) is 5.10 Å². The van der Waals surface area contributed by atoms with E-state index < -0.39 is 0 Å². The lowest BCUT2D eigenvalue weighted by molar-refractivity contribution is -0.0877.